The van der Waals surface area contributed by atoms with Gasteiger partial charge in [-0.3, -0.25) is 9.78 Å². The molecule has 0 aliphatic rings. The number of aliphatic carboxylic acids is 1. The fraction of sp³-hybridized carbons (Fsp3) is 0.462. The van der Waals surface area contributed by atoms with Crippen molar-refractivity contribution in [1.29, 1.82) is 0 Å². The molecule has 20 heavy (non-hydrogen) atoms. The number of pyridine rings is 1. The summed E-state index contributed by atoms with van der Waals surface area (Å²) >= 11 is 0. The number of carbonyl (C=O) groups excluding carboxylic acids is 1. The molecule has 0 aliphatic heterocycles. The quantitative estimate of drug-likeness (QED) is 0.681. The first-order chi connectivity index (χ1) is 9.60. The van der Waals surface area contributed by atoms with Crippen LogP contribution in [-0.4, -0.2) is 48.8 Å². The van der Waals surface area contributed by atoms with E-state index in [-0.39, 0.29) is 5.56 Å². The molecule has 7 nitrogen and oxygen atoms in total. The van der Waals surface area contributed by atoms with E-state index in [1.165, 1.54) is 32.7 Å². The molecule has 0 radical (unpaired) electrons. The second-order valence-electron chi connectivity index (χ2n) is 4.08. The van der Waals surface area contributed by atoms with Crippen LogP contribution in [-0.2, 0) is 9.53 Å². The van der Waals surface area contributed by atoms with Crippen molar-refractivity contribution in [2.75, 3.05) is 20.8 Å². The Bertz CT molecular complexity index is 464. The summed E-state index contributed by atoms with van der Waals surface area (Å²) in [4.78, 5) is 27.0. The smallest absolute Gasteiger partial charge is 0.326 e. The molecule has 7 heteroatoms. The van der Waals surface area contributed by atoms with E-state index >= 15 is 0 Å². The van der Waals surface area contributed by atoms with Crippen LogP contribution in [0.25, 0.3) is 0 Å². The van der Waals surface area contributed by atoms with E-state index in [1.54, 1.807) is 0 Å². The van der Waals surface area contributed by atoms with Gasteiger partial charge in [0, 0.05) is 19.9 Å². The van der Waals surface area contributed by atoms with Crippen LogP contribution in [0.15, 0.2) is 18.5 Å². The lowest BCUT2D eigenvalue weighted by Gasteiger charge is -2.15. The van der Waals surface area contributed by atoms with E-state index in [2.05, 4.69) is 10.3 Å². The predicted octanol–water partition coefficient (Wildman–Crippen LogP) is 0.700. The van der Waals surface area contributed by atoms with Crippen molar-refractivity contribution in [3.63, 3.8) is 0 Å². The van der Waals surface area contributed by atoms with Gasteiger partial charge < -0.3 is 19.9 Å². The van der Waals surface area contributed by atoms with Gasteiger partial charge in [0.15, 0.2) is 0 Å². The van der Waals surface area contributed by atoms with Crippen molar-refractivity contribution in [1.82, 2.24) is 10.3 Å². The summed E-state index contributed by atoms with van der Waals surface area (Å²) in [6.07, 6.45) is 3.68. The molecule has 1 aromatic heterocycles. The molecule has 0 fully saturated rings. The molecule has 1 amide bonds. The molecule has 1 unspecified atom stereocenters. The minimum absolute atomic E-state index is 0.250. The lowest BCUT2D eigenvalue weighted by Crippen LogP contribution is -2.41. The lowest BCUT2D eigenvalue weighted by atomic mass is 10.1. The summed E-state index contributed by atoms with van der Waals surface area (Å²) < 4.78 is 9.88. The van der Waals surface area contributed by atoms with Crippen LogP contribution in [0.1, 0.15) is 23.2 Å². The average molecular weight is 282 g/mol. The van der Waals surface area contributed by atoms with Gasteiger partial charge in [0.2, 0.25) is 0 Å². The molecule has 1 aromatic rings. The standard InChI is InChI=1S/C13H18N2O5/c1-19-7-3-4-10(13(17)18)15-12(16)9-5-6-14-8-11(9)20-2/h5-6,8,10H,3-4,7H2,1-2H3,(H,15,16)(H,17,18). The van der Waals surface area contributed by atoms with Crippen molar-refractivity contribution in [2.45, 2.75) is 18.9 Å². The van der Waals surface area contributed by atoms with Crippen LogP contribution < -0.4 is 10.1 Å². The Morgan fingerprint density at radius 2 is 2.20 bits per heavy atom. The Kier molecular flexibility index (Phi) is 6.45. The Morgan fingerprint density at radius 3 is 2.80 bits per heavy atom. The zero-order valence-electron chi connectivity index (χ0n) is 11.5. The van der Waals surface area contributed by atoms with Crippen molar-refractivity contribution in [3.05, 3.63) is 24.0 Å². The molecule has 0 saturated heterocycles. The van der Waals surface area contributed by atoms with Crippen LogP contribution >= 0.6 is 0 Å². The summed E-state index contributed by atoms with van der Waals surface area (Å²) in [7, 11) is 2.96. The number of amides is 1. The van der Waals surface area contributed by atoms with Crippen molar-refractivity contribution >= 4 is 11.9 Å². The highest BCUT2D eigenvalue weighted by atomic mass is 16.5. The van der Waals surface area contributed by atoms with Gasteiger partial charge in [-0.2, -0.15) is 0 Å². The summed E-state index contributed by atoms with van der Waals surface area (Å²) in [5, 5.41) is 11.6. The normalized spacial score (nSPS) is 11.7. The zero-order chi connectivity index (χ0) is 15.0. The van der Waals surface area contributed by atoms with Gasteiger partial charge in [-0.05, 0) is 18.9 Å². The number of ether oxygens (including phenoxy) is 2. The first-order valence-corrected chi connectivity index (χ1v) is 6.10. The average Bonchev–Trinajstić information content (AvgIpc) is 2.46. The summed E-state index contributed by atoms with van der Waals surface area (Å²) in [6, 6.07) is 0.512. The molecule has 0 saturated carbocycles. The number of nitrogens with zero attached hydrogens (tertiary/aromatic N) is 1. The first kappa shape index (κ1) is 15.9. The molecule has 0 spiro atoms. The molecule has 110 valence electrons. The number of carbonyl (C=O) groups is 2. The van der Waals surface area contributed by atoms with E-state index in [1.807, 2.05) is 0 Å². The van der Waals surface area contributed by atoms with Gasteiger partial charge >= 0.3 is 5.97 Å². The fourth-order valence-corrected chi connectivity index (χ4v) is 1.66. The van der Waals surface area contributed by atoms with Gasteiger partial charge in [-0.1, -0.05) is 0 Å². The van der Waals surface area contributed by atoms with Crippen LogP contribution in [0.4, 0.5) is 0 Å². The molecular formula is C13H18N2O5. The lowest BCUT2D eigenvalue weighted by molar-refractivity contribution is -0.139. The van der Waals surface area contributed by atoms with Crippen LogP contribution in [0, 0.1) is 0 Å². The van der Waals surface area contributed by atoms with Crippen LogP contribution in [0.3, 0.4) is 0 Å². The third-order valence-electron chi connectivity index (χ3n) is 2.69. The number of carboxylic acid groups (broad SMARTS) is 1. The number of methoxy groups -OCH3 is 2. The molecule has 2 N–H and O–H groups in total. The molecule has 0 bridgehead atoms. The van der Waals surface area contributed by atoms with E-state index in [9.17, 15) is 9.59 Å². The third kappa shape index (κ3) is 4.51. The molecule has 1 atom stereocenters. The number of hydrogen-bond donors (Lipinski definition) is 2. The number of aromatic nitrogens is 1. The molecule has 1 rings (SSSR count). The summed E-state index contributed by atoms with van der Waals surface area (Å²) in [5.74, 6) is -1.29. The monoisotopic (exact) mass is 282 g/mol. The highest BCUT2D eigenvalue weighted by molar-refractivity contribution is 5.98. The Morgan fingerprint density at radius 1 is 1.45 bits per heavy atom. The number of carboxylic acids is 1. The minimum Gasteiger partial charge on any atom is -0.494 e. The van der Waals surface area contributed by atoms with Crippen molar-refractivity contribution in [3.8, 4) is 5.75 Å². The van der Waals surface area contributed by atoms with E-state index < -0.39 is 17.9 Å². The topological polar surface area (TPSA) is 97.8 Å². The van der Waals surface area contributed by atoms with Gasteiger partial charge in [-0.15, -0.1) is 0 Å². The van der Waals surface area contributed by atoms with Crippen LogP contribution in [0.5, 0.6) is 5.75 Å². The molecular weight excluding hydrogens is 264 g/mol. The minimum atomic E-state index is -1.08. The van der Waals surface area contributed by atoms with Crippen molar-refractivity contribution < 1.29 is 24.2 Å². The first-order valence-electron chi connectivity index (χ1n) is 6.10. The second-order valence-corrected chi connectivity index (χ2v) is 4.08. The number of rotatable bonds is 8. The van der Waals surface area contributed by atoms with E-state index in [0.717, 1.165) is 0 Å². The Labute approximate surface area is 116 Å². The van der Waals surface area contributed by atoms with Gasteiger partial charge in [0.25, 0.3) is 5.91 Å². The Balaban J connectivity index is 2.72. The van der Waals surface area contributed by atoms with Crippen LogP contribution in [0.2, 0.25) is 0 Å². The predicted molar refractivity (Wildman–Crippen MR) is 70.8 cm³/mol. The zero-order valence-corrected chi connectivity index (χ0v) is 11.5. The maximum Gasteiger partial charge on any atom is 0.326 e. The highest BCUT2D eigenvalue weighted by Gasteiger charge is 2.21. The van der Waals surface area contributed by atoms with E-state index in [0.29, 0.717) is 25.2 Å². The van der Waals surface area contributed by atoms with Crippen molar-refractivity contribution in [2.24, 2.45) is 0 Å². The maximum atomic E-state index is 12.1. The molecule has 0 aromatic carbocycles. The second kappa shape index (κ2) is 8.11. The molecule has 0 aliphatic carbocycles. The fourth-order valence-electron chi connectivity index (χ4n) is 1.66. The van der Waals surface area contributed by atoms with E-state index in [4.69, 9.17) is 14.6 Å². The summed E-state index contributed by atoms with van der Waals surface area (Å²) in [5.41, 5.74) is 0.250. The van der Waals surface area contributed by atoms with Gasteiger partial charge in [0.1, 0.15) is 11.8 Å². The van der Waals surface area contributed by atoms with Gasteiger partial charge in [-0.25, -0.2) is 4.79 Å². The molecule has 1 heterocycles. The highest BCUT2D eigenvalue weighted by Crippen LogP contribution is 2.15. The maximum absolute atomic E-state index is 12.1. The number of hydrogen-bond acceptors (Lipinski definition) is 5. The summed E-state index contributed by atoms with van der Waals surface area (Å²) in [6.45, 7) is 0.443. The Hall–Kier alpha value is -2.15. The van der Waals surface area contributed by atoms with Gasteiger partial charge in [0.05, 0.1) is 18.9 Å². The number of nitrogens with one attached hydrogen (secondary N) is 1. The SMILES string of the molecule is COCCCC(NC(=O)c1ccncc1OC)C(=O)O. The third-order valence-corrected chi connectivity index (χ3v) is 2.69. The largest absolute Gasteiger partial charge is 0.494 e.